The van der Waals surface area contributed by atoms with Gasteiger partial charge in [0, 0.05) is 24.2 Å². The topological polar surface area (TPSA) is 23.5 Å². The summed E-state index contributed by atoms with van der Waals surface area (Å²) in [6.45, 7) is 2.90. The summed E-state index contributed by atoms with van der Waals surface area (Å²) in [5.41, 5.74) is 0.977. The molecule has 2 nitrogen and oxygen atoms in total. The summed E-state index contributed by atoms with van der Waals surface area (Å²) in [5.74, 6) is 0.180. The molecule has 4 heteroatoms. The number of benzene rings is 1. The molecule has 1 aromatic rings. The van der Waals surface area contributed by atoms with E-state index < -0.39 is 0 Å². The maximum absolute atomic E-state index is 13.2. The number of aliphatic hydroxyl groups is 1. The van der Waals surface area contributed by atoms with Crippen LogP contribution in [0.25, 0.3) is 0 Å². The Bertz CT molecular complexity index is 352. The molecule has 88 valence electrons. The van der Waals surface area contributed by atoms with Gasteiger partial charge in [0.1, 0.15) is 5.82 Å². The van der Waals surface area contributed by atoms with Crippen LogP contribution < -0.4 is 0 Å². The molecule has 1 aromatic carbocycles. The van der Waals surface area contributed by atoms with Crippen molar-refractivity contribution in [2.24, 2.45) is 5.92 Å². The zero-order valence-corrected chi connectivity index (χ0v) is 10.6. The summed E-state index contributed by atoms with van der Waals surface area (Å²) in [6.07, 6.45) is 1.03. The normalized spacial score (nSPS) is 21.6. The van der Waals surface area contributed by atoms with Gasteiger partial charge in [0.25, 0.3) is 0 Å². The maximum atomic E-state index is 13.2. The third-order valence-corrected chi connectivity index (χ3v) is 3.41. The third-order valence-electron chi connectivity index (χ3n) is 2.96. The Morgan fingerprint density at radius 1 is 1.44 bits per heavy atom. The molecule has 1 saturated heterocycles. The Morgan fingerprint density at radius 2 is 2.25 bits per heavy atom. The van der Waals surface area contributed by atoms with Crippen molar-refractivity contribution in [3.63, 3.8) is 0 Å². The molecule has 0 aromatic heterocycles. The van der Waals surface area contributed by atoms with Gasteiger partial charge in [0.05, 0.1) is 0 Å². The van der Waals surface area contributed by atoms with E-state index in [1.54, 1.807) is 6.07 Å². The highest BCUT2D eigenvalue weighted by atomic mass is 79.9. The first-order chi connectivity index (χ1) is 7.67. The van der Waals surface area contributed by atoms with E-state index >= 15 is 0 Å². The van der Waals surface area contributed by atoms with Crippen molar-refractivity contribution in [2.75, 3.05) is 19.7 Å². The first-order valence-corrected chi connectivity index (χ1v) is 6.25. The van der Waals surface area contributed by atoms with Crippen LogP contribution in [0.2, 0.25) is 0 Å². The van der Waals surface area contributed by atoms with Crippen LogP contribution in [-0.4, -0.2) is 29.7 Å². The highest BCUT2D eigenvalue weighted by Crippen LogP contribution is 2.20. The fraction of sp³-hybridized carbons (Fsp3) is 0.500. The summed E-state index contributed by atoms with van der Waals surface area (Å²) in [5, 5.41) is 9.04. The predicted molar refractivity (Wildman–Crippen MR) is 64.6 cm³/mol. The minimum atomic E-state index is -0.206. The van der Waals surface area contributed by atoms with Crippen LogP contribution in [0.1, 0.15) is 12.0 Å². The van der Waals surface area contributed by atoms with Crippen molar-refractivity contribution in [3.8, 4) is 0 Å². The van der Waals surface area contributed by atoms with Crippen molar-refractivity contribution >= 4 is 15.9 Å². The van der Waals surface area contributed by atoms with Gasteiger partial charge in [0.15, 0.2) is 0 Å². The molecule has 1 atom stereocenters. The van der Waals surface area contributed by atoms with E-state index in [-0.39, 0.29) is 12.4 Å². The van der Waals surface area contributed by atoms with Crippen LogP contribution in [0.5, 0.6) is 0 Å². The lowest BCUT2D eigenvalue weighted by molar-refractivity contribution is 0.220. The van der Waals surface area contributed by atoms with E-state index in [0.29, 0.717) is 5.92 Å². The van der Waals surface area contributed by atoms with Crippen molar-refractivity contribution < 1.29 is 9.50 Å². The molecule has 1 heterocycles. The lowest BCUT2D eigenvalue weighted by Crippen LogP contribution is -2.21. The number of hydrogen-bond donors (Lipinski definition) is 1. The van der Waals surface area contributed by atoms with Crippen LogP contribution in [0, 0.1) is 11.7 Å². The van der Waals surface area contributed by atoms with Gasteiger partial charge in [-0.2, -0.15) is 0 Å². The standard InChI is InChI=1S/C12H15BrFNO/c13-11-3-10(4-12(14)5-11)7-15-2-1-9(6-15)8-16/h3-5,9,16H,1-2,6-8H2. The quantitative estimate of drug-likeness (QED) is 0.923. The van der Waals surface area contributed by atoms with Crippen molar-refractivity contribution in [1.82, 2.24) is 4.90 Å². The Morgan fingerprint density at radius 3 is 2.88 bits per heavy atom. The smallest absolute Gasteiger partial charge is 0.124 e. The molecule has 0 amide bonds. The number of rotatable bonds is 3. The van der Waals surface area contributed by atoms with Gasteiger partial charge in [-0.15, -0.1) is 0 Å². The van der Waals surface area contributed by atoms with Crippen molar-refractivity contribution in [1.29, 1.82) is 0 Å². The van der Waals surface area contributed by atoms with Gasteiger partial charge in [-0.3, -0.25) is 4.90 Å². The fourth-order valence-electron chi connectivity index (χ4n) is 2.17. The minimum Gasteiger partial charge on any atom is -0.396 e. The average Bonchev–Trinajstić information content (AvgIpc) is 2.64. The van der Waals surface area contributed by atoms with Crippen LogP contribution in [-0.2, 0) is 6.54 Å². The lowest BCUT2D eigenvalue weighted by Gasteiger charge is -2.15. The van der Waals surface area contributed by atoms with E-state index in [0.717, 1.165) is 36.1 Å². The highest BCUT2D eigenvalue weighted by molar-refractivity contribution is 9.10. The molecule has 1 N–H and O–H groups in total. The monoisotopic (exact) mass is 287 g/mol. The van der Waals surface area contributed by atoms with E-state index in [1.807, 2.05) is 6.07 Å². The predicted octanol–water partition coefficient (Wildman–Crippen LogP) is 2.40. The van der Waals surface area contributed by atoms with E-state index in [1.165, 1.54) is 6.07 Å². The number of aliphatic hydroxyl groups excluding tert-OH is 1. The van der Waals surface area contributed by atoms with Crippen LogP contribution in [0.15, 0.2) is 22.7 Å². The Kier molecular flexibility index (Phi) is 3.95. The summed E-state index contributed by atoms with van der Waals surface area (Å²) in [6, 6.07) is 4.97. The number of halogens is 2. The molecule has 16 heavy (non-hydrogen) atoms. The lowest BCUT2D eigenvalue weighted by atomic mass is 10.1. The SMILES string of the molecule is OCC1CCN(Cc2cc(F)cc(Br)c2)C1. The second-order valence-electron chi connectivity index (χ2n) is 4.35. The number of hydrogen-bond acceptors (Lipinski definition) is 2. The van der Waals surface area contributed by atoms with Gasteiger partial charge in [-0.1, -0.05) is 15.9 Å². The molecule has 2 rings (SSSR count). The molecule has 0 spiro atoms. The molecule has 1 unspecified atom stereocenters. The fourth-order valence-corrected chi connectivity index (χ4v) is 2.68. The molecule has 0 aliphatic carbocycles. The number of likely N-dealkylation sites (tertiary alicyclic amines) is 1. The van der Waals surface area contributed by atoms with Gasteiger partial charge in [0.2, 0.25) is 0 Å². The molecule has 1 fully saturated rings. The molecule has 1 aliphatic rings. The van der Waals surface area contributed by atoms with Gasteiger partial charge in [-0.05, 0) is 42.6 Å². The summed E-state index contributed by atoms with van der Waals surface area (Å²) < 4.78 is 13.9. The largest absolute Gasteiger partial charge is 0.396 e. The maximum Gasteiger partial charge on any atom is 0.124 e. The van der Waals surface area contributed by atoms with Crippen molar-refractivity contribution in [3.05, 3.63) is 34.1 Å². The number of nitrogens with zero attached hydrogens (tertiary/aromatic N) is 1. The van der Waals surface area contributed by atoms with Gasteiger partial charge in [-0.25, -0.2) is 4.39 Å². The molecule has 1 aliphatic heterocycles. The third kappa shape index (κ3) is 3.03. The van der Waals surface area contributed by atoms with Crippen LogP contribution >= 0.6 is 15.9 Å². The highest BCUT2D eigenvalue weighted by Gasteiger charge is 2.21. The van der Waals surface area contributed by atoms with Crippen LogP contribution in [0.3, 0.4) is 0 Å². The average molecular weight is 288 g/mol. The second kappa shape index (κ2) is 5.25. The molecular weight excluding hydrogens is 273 g/mol. The first kappa shape index (κ1) is 12.0. The van der Waals surface area contributed by atoms with Crippen molar-refractivity contribution in [2.45, 2.75) is 13.0 Å². The van der Waals surface area contributed by atoms with Gasteiger partial charge < -0.3 is 5.11 Å². The summed E-state index contributed by atoms with van der Waals surface area (Å²) >= 11 is 3.29. The molecule has 0 saturated carbocycles. The van der Waals surface area contributed by atoms with Crippen LogP contribution in [0.4, 0.5) is 4.39 Å². The summed E-state index contributed by atoms with van der Waals surface area (Å²) in [7, 11) is 0. The Balaban J connectivity index is 1.99. The summed E-state index contributed by atoms with van der Waals surface area (Å²) in [4.78, 5) is 2.25. The zero-order chi connectivity index (χ0) is 11.5. The first-order valence-electron chi connectivity index (χ1n) is 5.45. The second-order valence-corrected chi connectivity index (χ2v) is 5.27. The minimum absolute atomic E-state index is 0.206. The van der Waals surface area contributed by atoms with E-state index in [4.69, 9.17) is 5.11 Å². The Labute approximate surface area is 103 Å². The van der Waals surface area contributed by atoms with E-state index in [2.05, 4.69) is 20.8 Å². The van der Waals surface area contributed by atoms with Gasteiger partial charge >= 0.3 is 0 Å². The Hall–Kier alpha value is -0.450. The zero-order valence-electron chi connectivity index (χ0n) is 9.00. The molecule has 0 bridgehead atoms. The molecular formula is C12H15BrFNO. The van der Waals surface area contributed by atoms with E-state index in [9.17, 15) is 4.39 Å². The molecule has 0 radical (unpaired) electrons.